The third kappa shape index (κ3) is 2.32. The lowest BCUT2D eigenvalue weighted by atomic mass is 10.1. The Hall–Kier alpha value is -1.58. The molecule has 2 N–H and O–H groups in total. The van der Waals surface area contributed by atoms with Crippen LogP contribution in [0.25, 0.3) is 0 Å². The van der Waals surface area contributed by atoms with Crippen LogP contribution in [-0.2, 0) is 0 Å². The molecule has 16 heavy (non-hydrogen) atoms. The zero-order valence-electron chi connectivity index (χ0n) is 9.56. The molecule has 0 atom stereocenters. The number of primary amides is 1. The largest absolute Gasteiger partial charge is 0.488 e. The summed E-state index contributed by atoms with van der Waals surface area (Å²) in [7, 11) is 0. The molecular formula is C12H16N2O2. The predicted molar refractivity (Wildman–Crippen MR) is 60.5 cm³/mol. The molecule has 0 aromatic carbocycles. The van der Waals surface area contributed by atoms with Gasteiger partial charge in [0.1, 0.15) is 0 Å². The number of carbonyl (C=O) groups is 1. The first-order valence-electron chi connectivity index (χ1n) is 5.55. The van der Waals surface area contributed by atoms with Crippen LogP contribution >= 0.6 is 0 Å². The molecule has 1 aromatic heterocycles. The van der Waals surface area contributed by atoms with Gasteiger partial charge in [0, 0.05) is 5.69 Å². The highest BCUT2D eigenvalue weighted by Crippen LogP contribution is 2.29. The quantitative estimate of drug-likeness (QED) is 0.842. The second kappa shape index (κ2) is 4.12. The number of ether oxygens (including phenoxy) is 1. The fraction of sp³-hybridized carbons (Fsp3) is 0.500. The van der Waals surface area contributed by atoms with E-state index in [2.05, 4.69) is 4.98 Å². The van der Waals surface area contributed by atoms with E-state index in [1.165, 1.54) is 0 Å². The van der Waals surface area contributed by atoms with Crippen LogP contribution in [0.4, 0.5) is 0 Å². The Bertz CT molecular complexity index is 411. The van der Waals surface area contributed by atoms with Crippen molar-refractivity contribution < 1.29 is 9.53 Å². The number of nitrogens with two attached hydrogens (primary N) is 1. The van der Waals surface area contributed by atoms with Crippen molar-refractivity contribution in [3.63, 3.8) is 0 Å². The van der Waals surface area contributed by atoms with Crippen molar-refractivity contribution in [2.45, 2.75) is 38.7 Å². The van der Waals surface area contributed by atoms with E-state index in [4.69, 9.17) is 10.5 Å². The van der Waals surface area contributed by atoms with Gasteiger partial charge in [0.25, 0.3) is 5.91 Å². The topological polar surface area (TPSA) is 65.2 Å². The van der Waals surface area contributed by atoms with E-state index in [1.54, 1.807) is 6.07 Å². The minimum absolute atomic E-state index is 0.241. The van der Waals surface area contributed by atoms with Crippen molar-refractivity contribution >= 4 is 5.91 Å². The lowest BCUT2D eigenvalue weighted by Gasteiger charge is -2.11. The van der Waals surface area contributed by atoms with E-state index >= 15 is 0 Å². The fourth-order valence-corrected chi connectivity index (χ4v) is 1.42. The monoisotopic (exact) mass is 220 g/mol. The number of rotatable bonds is 4. The van der Waals surface area contributed by atoms with Crippen LogP contribution in [0.15, 0.2) is 12.1 Å². The van der Waals surface area contributed by atoms with Gasteiger partial charge in [-0.1, -0.05) is 13.8 Å². The number of hydrogen-bond donors (Lipinski definition) is 1. The number of amides is 1. The molecule has 0 radical (unpaired) electrons. The van der Waals surface area contributed by atoms with Gasteiger partial charge in [0.05, 0.1) is 6.10 Å². The highest BCUT2D eigenvalue weighted by atomic mass is 16.5. The van der Waals surface area contributed by atoms with Crippen molar-refractivity contribution in [2.24, 2.45) is 5.73 Å². The Labute approximate surface area is 94.8 Å². The molecular weight excluding hydrogens is 204 g/mol. The second-order valence-corrected chi connectivity index (χ2v) is 4.42. The zero-order chi connectivity index (χ0) is 11.7. The summed E-state index contributed by atoms with van der Waals surface area (Å²) in [6.45, 7) is 4.04. The molecule has 0 spiro atoms. The standard InChI is InChI=1S/C12H16N2O2/c1-7(2)9-5-6-10(16-8-3-4-8)11(14-9)12(13)15/h5-8H,3-4H2,1-2H3,(H2,13,15). The van der Waals surface area contributed by atoms with Gasteiger partial charge in [0.15, 0.2) is 11.4 Å². The summed E-state index contributed by atoms with van der Waals surface area (Å²) < 4.78 is 5.59. The summed E-state index contributed by atoms with van der Waals surface area (Å²) in [5.41, 5.74) is 6.40. The van der Waals surface area contributed by atoms with Gasteiger partial charge in [-0.25, -0.2) is 4.98 Å². The van der Waals surface area contributed by atoms with E-state index < -0.39 is 5.91 Å². The van der Waals surface area contributed by atoms with Gasteiger partial charge in [-0.2, -0.15) is 0 Å². The molecule has 4 nitrogen and oxygen atoms in total. The number of hydrogen-bond acceptors (Lipinski definition) is 3. The maximum atomic E-state index is 11.3. The Morgan fingerprint density at radius 1 is 1.50 bits per heavy atom. The maximum Gasteiger partial charge on any atom is 0.271 e. The average Bonchev–Trinajstić information content (AvgIpc) is 3.01. The molecule has 1 aliphatic carbocycles. The van der Waals surface area contributed by atoms with Crippen LogP contribution in [0, 0.1) is 0 Å². The Morgan fingerprint density at radius 3 is 2.69 bits per heavy atom. The number of pyridine rings is 1. The van der Waals surface area contributed by atoms with Crippen molar-refractivity contribution in [2.75, 3.05) is 0 Å². The van der Waals surface area contributed by atoms with Gasteiger partial charge in [0.2, 0.25) is 0 Å². The molecule has 0 aliphatic heterocycles. The van der Waals surface area contributed by atoms with Crippen LogP contribution in [0.5, 0.6) is 5.75 Å². The van der Waals surface area contributed by atoms with Gasteiger partial charge in [-0.15, -0.1) is 0 Å². The van der Waals surface area contributed by atoms with Crippen LogP contribution in [-0.4, -0.2) is 17.0 Å². The van der Waals surface area contributed by atoms with Gasteiger partial charge < -0.3 is 10.5 Å². The van der Waals surface area contributed by atoms with Crippen molar-refractivity contribution in [1.82, 2.24) is 4.98 Å². The van der Waals surface area contributed by atoms with Crippen molar-refractivity contribution in [3.05, 3.63) is 23.5 Å². The second-order valence-electron chi connectivity index (χ2n) is 4.42. The molecule has 1 aliphatic rings. The molecule has 2 rings (SSSR count). The Kier molecular flexibility index (Phi) is 2.81. The predicted octanol–water partition coefficient (Wildman–Crippen LogP) is 1.85. The molecule has 1 fully saturated rings. The first-order valence-corrected chi connectivity index (χ1v) is 5.55. The molecule has 0 bridgehead atoms. The summed E-state index contributed by atoms with van der Waals surface area (Å²) in [5.74, 6) is 0.255. The summed E-state index contributed by atoms with van der Waals surface area (Å²) in [4.78, 5) is 15.5. The summed E-state index contributed by atoms with van der Waals surface area (Å²) in [6.07, 6.45) is 2.33. The Balaban J connectivity index is 2.32. The molecule has 1 aromatic rings. The van der Waals surface area contributed by atoms with Crippen LogP contribution in [0.1, 0.15) is 48.8 Å². The third-order valence-electron chi connectivity index (χ3n) is 2.52. The highest BCUT2D eigenvalue weighted by Gasteiger charge is 2.26. The SMILES string of the molecule is CC(C)c1ccc(OC2CC2)c(C(N)=O)n1. The van der Waals surface area contributed by atoms with Crippen molar-refractivity contribution in [1.29, 1.82) is 0 Å². The van der Waals surface area contributed by atoms with Gasteiger partial charge in [-0.3, -0.25) is 4.79 Å². The average molecular weight is 220 g/mol. The summed E-state index contributed by atoms with van der Waals surface area (Å²) in [6, 6.07) is 3.68. The zero-order valence-corrected chi connectivity index (χ0v) is 9.56. The lowest BCUT2D eigenvalue weighted by molar-refractivity contribution is 0.0990. The maximum absolute atomic E-state index is 11.3. The molecule has 0 unspecified atom stereocenters. The number of carbonyl (C=O) groups excluding carboxylic acids is 1. The first-order chi connectivity index (χ1) is 7.58. The fourth-order valence-electron chi connectivity index (χ4n) is 1.42. The molecule has 4 heteroatoms. The lowest BCUT2D eigenvalue weighted by Crippen LogP contribution is -2.16. The van der Waals surface area contributed by atoms with Crippen molar-refractivity contribution in [3.8, 4) is 5.75 Å². The molecule has 86 valence electrons. The minimum Gasteiger partial charge on any atom is -0.488 e. The smallest absolute Gasteiger partial charge is 0.271 e. The van der Waals surface area contributed by atoms with Gasteiger partial charge in [-0.05, 0) is 30.9 Å². The normalized spacial score (nSPS) is 15.2. The van der Waals surface area contributed by atoms with Crippen LogP contribution in [0.2, 0.25) is 0 Å². The van der Waals surface area contributed by atoms with Crippen LogP contribution < -0.4 is 10.5 Å². The van der Waals surface area contributed by atoms with E-state index in [-0.39, 0.29) is 17.7 Å². The number of nitrogens with zero attached hydrogens (tertiary/aromatic N) is 1. The molecule has 1 heterocycles. The van der Waals surface area contributed by atoms with E-state index in [0.29, 0.717) is 5.75 Å². The Morgan fingerprint density at radius 2 is 2.19 bits per heavy atom. The number of aromatic nitrogens is 1. The molecule has 1 amide bonds. The molecule has 1 saturated carbocycles. The molecule has 0 saturated heterocycles. The van der Waals surface area contributed by atoms with E-state index in [9.17, 15) is 4.79 Å². The summed E-state index contributed by atoms with van der Waals surface area (Å²) in [5, 5.41) is 0. The van der Waals surface area contributed by atoms with E-state index in [1.807, 2.05) is 19.9 Å². The minimum atomic E-state index is -0.529. The third-order valence-corrected chi connectivity index (χ3v) is 2.52. The van der Waals surface area contributed by atoms with E-state index in [0.717, 1.165) is 18.5 Å². The van der Waals surface area contributed by atoms with Crippen LogP contribution in [0.3, 0.4) is 0 Å². The van der Waals surface area contributed by atoms with Gasteiger partial charge >= 0.3 is 0 Å². The summed E-state index contributed by atoms with van der Waals surface area (Å²) >= 11 is 0. The highest BCUT2D eigenvalue weighted by molar-refractivity contribution is 5.93. The first kappa shape index (κ1) is 10.9.